The topological polar surface area (TPSA) is 76.7 Å². The van der Waals surface area contributed by atoms with Gasteiger partial charge in [0.05, 0.1) is 17.6 Å². The highest BCUT2D eigenvalue weighted by Gasteiger charge is 2.14. The third-order valence-corrected chi connectivity index (χ3v) is 3.68. The molecule has 2 aromatic heterocycles. The van der Waals surface area contributed by atoms with E-state index in [0.717, 1.165) is 17.0 Å². The van der Waals surface area contributed by atoms with Crippen LogP contribution in [0, 0.1) is 6.92 Å². The van der Waals surface area contributed by atoms with Crippen molar-refractivity contribution in [2.45, 2.75) is 26.0 Å². The minimum absolute atomic E-state index is 0.502. The molecular formula is C16H16ClN5O. The van der Waals surface area contributed by atoms with E-state index in [1.54, 1.807) is 47.5 Å². The predicted octanol–water partition coefficient (Wildman–Crippen LogP) is 2.35. The van der Waals surface area contributed by atoms with E-state index in [4.69, 9.17) is 11.6 Å². The fourth-order valence-corrected chi connectivity index (χ4v) is 2.35. The van der Waals surface area contributed by atoms with Gasteiger partial charge in [-0.05, 0) is 24.6 Å². The van der Waals surface area contributed by atoms with Crippen molar-refractivity contribution in [3.8, 4) is 0 Å². The lowest BCUT2D eigenvalue weighted by atomic mass is 10.1. The molecule has 0 bridgehead atoms. The SMILES string of the molecule is Cc1cncc(CCn2cc(C(O)c3ccc(Cl)cc3)nn2)n1. The molecule has 0 aliphatic heterocycles. The van der Waals surface area contributed by atoms with Gasteiger partial charge in [-0.2, -0.15) is 0 Å². The zero-order valence-corrected chi connectivity index (χ0v) is 13.4. The van der Waals surface area contributed by atoms with E-state index in [-0.39, 0.29) is 0 Å². The van der Waals surface area contributed by atoms with Crippen molar-refractivity contribution in [1.29, 1.82) is 0 Å². The standard InChI is InChI=1S/C16H16ClN5O/c1-11-8-18-9-14(19-11)6-7-22-10-15(20-21-22)16(23)12-2-4-13(17)5-3-12/h2-5,8-10,16,23H,6-7H2,1H3. The van der Waals surface area contributed by atoms with Gasteiger partial charge >= 0.3 is 0 Å². The first-order chi connectivity index (χ1) is 11.1. The molecule has 3 rings (SSSR count). The fourth-order valence-electron chi connectivity index (χ4n) is 2.23. The van der Waals surface area contributed by atoms with E-state index in [0.29, 0.717) is 23.7 Å². The number of benzene rings is 1. The van der Waals surface area contributed by atoms with Crippen molar-refractivity contribution >= 4 is 11.6 Å². The van der Waals surface area contributed by atoms with Crippen molar-refractivity contribution < 1.29 is 5.11 Å². The Morgan fingerprint density at radius 1 is 1.22 bits per heavy atom. The van der Waals surface area contributed by atoms with Crippen LogP contribution in [0.5, 0.6) is 0 Å². The minimum atomic E-state index is -0.820. The number of aliphatic hydroxyl groups excluding tert-OH is 1. The van der Waals surface area contributed by atoms with Gasteiger partial charge in [0.1, 0.15) is 11.8 Å². The van der Waals surface area contributed by atoms with Gasteiger partial charge in [-0.25, -0.2) is 0 Å². The maximum absolute atomic E-state index is 10.3. The first kappa shape index (κ1) is 15.6. The molecule has 7 heteroatoms. The summed E-state index contributed by atoms with van der Waals surface area (Å²) in [6.45, 7) is 2.53. The molecule has 2 heterocycles. The van der Waals surface area contributed by atoms with Gasteiger partial charge in [0.25, 0.3) is 0 Å². The van der Waals surface area contributed by atoms with Gasteiger partial charge in [-0.3, -0.25) is 14.6 Å². The summed E-state index contributed by atoms with van der Waals surface area (Å²) >= 11 is 5.85. The van der Waals surface area contributed by atoms with Crippen molar-refractivity contribution in [2.24, 2.45) is 0 Å². The van der Waals surface area contributed by atoms with Crippen LogP contribution in [0.1, 0.15) is 28.7 Å². The number of aliphatic hydroxyl groups is 1. The molecule has 0 saturated heterocycles. The maximum atomic E-state index is 10.3. The summed E-state index contributed by atoms with van der Waals surface area (Å²) in [5, 5.41) is 19.1. The summed E-state index contributed by atoms with van der Waals surface area (Å²) in [4.78, 5) is 8.52. The van der Waals surface area contributed by atoms with Crippen molar-refractivity contribution in [2.75, 3.05) is 0 Å². The maximum Gasteiger partial charge on any atom is 0.124 e. The van der Waals surface area contributed by atoms with Crippen LogP contribution in [0.4, 0.5) is 0 Å². The summed E-state index contributed by atoms with van der Waals surface area (Å²) in [6.07, 6.45) is 5.09. The zero-order chi connectivity index (χ0) is 16.2. The normalized spacial score (nSPS) is 12.3. The van der Waals surface area contributed by atoms with Gasteiger partial charge in [-0.1, -0.05) is 28.9 Å². The molecule has 6 nitrogen and oxygen atoms in total. The fraction of sp³-hybridized carbons (Fsp3) is 0.250. The molecule has 0 spiro atoms. The molecule has 0 aliphatic rings. The second kappa shape index (κ2) is 6.85. The number of halogens is 1. The summed E-state index contributed by atoms with van der Waals surface area (Å²) in [5.41, 5.74) is 3.02. The molecule has 0 aliphatic carbocycles. The van der Waals surface area contributed by atoms with E-state index < -0.39 is 6.10 Å². The smallest absolute Gasteiger partial charge is 0.124 e. The molecule has 0 amide bonds. The molecule has 0 fully saturated rings. The lowest BCUT2D eigenvalue weighted by Gasteiger charge is -2.07. The first-order valence-electron chi connectivity index (χ1n) is 7.23. The molecule has 1 atom stereocenters. The number of hydrogen-bond acceptors (Lipinski definition) is 5. The molecule has 118 valence electrons. The largest absolute Gasteiger partial charge is 0.382 e. The Morgan fingerprint density at radius 2 is 2.00 bits per heavy atom. The first-order valence-corrected chi connectivity index (χ1v) is 7.61. The Hall–Kier alpha value is -2.31. The summed E-state index contributed by atoms with van der Waals surface area (Å²) < 4.78 is 1.69. The minimum Gasteiger partial charge on any atom is -0.382 e. The van der Waals surface area contributed by atoms with E-state index in [1.165, 1.54) is 0 Å². The quantitative estimate of drug-likeness (QED) is 0.777. The number of aromatic nitrogens is 5. The van der Waals surface area contributed by atoms with E-state index in [2.05, 4.69) is 20.3 Å². The number of hydrogen-bond donors (Lipinski definition) is 1. The lowest BCUT2D eigenvalue weighted by molar-refractivity contribution is 0.215. The van der Waals surface area contributed by atoms with Crippen molar-refractivity contribution in [3.63, 3.8) is 0 Å². The van der Waals surface area contributed by atoms with Crippen LogP contribution in [0.25, 0.3) is 0 Å². The Bertz CT molecular complexity index is 787. The van der Waals surface area contributed by atoms with Crippen LogP contribution in [0.3, 0.4) is 0 Å². The predicted molar refractivity (Wildman–Crippen MR) is 86.0 cm³/mol. The van der Waals surface area contributed by atoms with Gasteiger partial charge in [0.15, 0.2) is 0 Å². The Labute approximate surface area is 138 Å². The van der Waals surface area contributed by atoms with Gasteiger partial charge in [-0.15, -0.1) is 5.10 Å². The number of nitrogens with zero attached hydrogens (tertiary/aromatic N) is 5. The Balaban J connectivity index is 1.66. The van der Waals surface area contributed by atoms with E-state index in [9.17, 15) is 5.11 Å². The molecule has 1 N–H and O–H groups in total. The highest BCUT2D eigenvalue weighted by molar-refractivity contribution is 6.30. The van der Waals surface area contributed by atoms with Crippen LogP contribution >= 0.6 is 11.6 Å². The highest BCUT2D eigenvalue weighted by atomic mass is 35.5. The second-order valence-electron chi connectivity index (χ2n) is 5.26. The zero-order valence-electron chi connectivity index (χ0n) is 12.6. The molecule has 0 saturated carbocycles. The Kier molecular flexibility index (Phi) is 4.64. The molecule has 1 aromatic carbocycles. The van der Waals surface area contributed by atoms with Crippen LogP contribution < -0.4 is 0 Å². The third-order valence-electron chi connectivity index (χ3n) is 3.42. The monoisotopic (exact) mass is 329 g/mol. The van der Waals surface area contributed by atoms with E-state index in [1.807, 2.05) is 6.92 Å². The molecule has 1 unspecified atom stereocenters. The summed E-state index contributed by atoms with van der Waals surface area (Å²) in [5.74, 6) is 0. The molecule has 0 radical (unpaired) electrons. The third kappa shape index (κ3) is 3.91. The van der Waals surface area contributed by atoms with Crippen LogP contribution in [-0.2, 0) is 13.0 Å². The average molecular weight is 330 g/mol. The average Bonchev–Trinajstić information content (AvgIpc) is 3.02. The number of aryl methyl sites for hydroxylation is 3. The van der Waals surface area contributed by atoms with E-state index >= 15 is 0 Å². The van der Waals surface area contributed by atoms with Crippen LogP contribution in [0.15, 0.2) is 42.9 Å². The van der Waals surface area contributed by atoms with Crippen molar-refractivity contribution in [1.82, 2.24) is 25.0 Å². The lowest BCUT2D eigenvalue weighted by Crippen LogP contribution is -2.04. The molecular weight excluding hydrogens is 314 g/mol. The second-order valence-corrected chi connectivity index (χ2v) is 5.70. The van der Waals surface area contributed by atoms with Gasteiger partial charge in [0, 0.05) is 30.4 Å². The molecule has 3 aromatic rings. The number of rotatable bonds is 5. The van der Waals surface area contributed by atoms with Gasteiger partial charge < -0.3 is 5.11 Å². The summed E-state index contributed by atoms with van der Waals surface area (Å²) in [7, 11) is 0. The summed E-state index contributed by atoms with van der Waals surface area (Å²) in [6, 6.07) is 7.02. The van der Waals surface area contributed by atoms with Crippen LogP contribution in [-0.4, -0.2) is 30.1 Å². The van der Waals surface area contributed by atoms with Crippen molar-refractivity contribution in [3.05, 3.63) is 70.5 Å². The molecule has 23 heavy (non-hydrogen) atoms. The Morgan fingerprint density at radius 3 is 2.74 bits per heavy atom. The highest BCUT2D eigenvalue weighted by Crippen LogP contribution is 2.21. The van der Waals surface area contributed by atoms with Crippen LogP contribution in [0.2, 0.25) is 5.02 Å². The van der Waals surface area contributed by atoms with Gasteiger partial charge in [0.2, 0.25) is 0 Å².